The van der Waals surface area contributed by atoms with Crippen molar-refractivity contribution in [3.8, 4) is 0 Å². The number of amides is 1. The number of furan rings is 1. The molecule has 0 aliphatic carbocycles. The molecule has 20 heavy (non-hydrogen) atoms. The van der Waals surface area contributed by atoms with Crippen LogP contribution in [-0.2, 0) is 4.74 Å². The van der Waals surface area contributed by atoms with Crippen molar-refractivity contribution in [2.75, 3.05) is 32.1 Å². The molecular weight excluding hydrogens is 260 g/mol. The van der Waals surface area contributed by atoms with Crippen molar-refractivity contribution in [3.05, 3.63) is 30.0 Å². The Kier molecular flexibility index (Phi) is 3.33. The van der Waals surface area contributed by atoms with E-state index in [0.717, 1.165) is 5.39 Å². The lowest BCUT2D eigenvalue weighted by Crippen LogP contribution is -2.50. The van der Waals surface area contributed by atoms with Gasteiger partial charge in [0, 0.05) is 17.6 Å². The number of ether oxygens (including phenoxy) is 1. The smallest absolute Gasteiger partial charge is 0.290 e. The topological polar surface area (TPSA) is 88.9 Å². The Bertz CT molecular complexity index is 637. The minimum absolute atomic E-state index is 0.126. The van der Waals surface area contributed by atoms with E-state index in [-0.39, 0.29) is 24.3 Å². The van der Waals surface area contributed by atoms with Gasteiger partial charge in [-0.05, 0) is 24.3 Å². The van der Waals surface area contributed by atoms with E-state index in [2.05, 4.69) is 0 Å². The zero-order valence-electron chi connectivity index (χ0n) is 10.9. The normalized spacial score (nSPS) is 19.4. The summed E-state index contributed by atoms with van der Waals surface area (Å²) in [7, 11) is 0. The maximum absolute atomic E-state index is 12.5. The predicted octanol–water partition coefficient (Wildman–Crippen LogP) is 0.848. The standard InChI is InChI=1S/C14H16N2O4/c15-10-1-2-12-9(5-10)6-13(20-12)14(18)16-3-4-19-8-11(16)7-17/h1-2,5-6,11,17H,3-4,7-8,15H2. The van der Waals surface area contributed by atoms with Crippen LogP contribution in [0.1, 0.15) is 10.6 Å². The Labute approximate surface area is 115 Å². The van der Waals surface area contributed by atoms with Gasteiger partial charge >= 0.3 is 0 Å². The largest absolute Gasteiger partial charge is 0.451 e. The van der Waals surface area contributed by atoms with E-state index in [1.807, 2.05) is 0 Å². The number of anilines is 1. The summed E-state index contributed by atoms with van der Waals surface area (Å²) in [6, 6.07) is 6.58. The fourth-order valence-corrected chi connectivity index (χ4v) is 2.38. The van der Waals surface area contributed by atoms with Crippen molar-refractivity contribution >= 4 is 22.6 Å². The first-order valence-corrected chi connectivity index (χ1v) is 6.47. The van der Waals surface area contributed by atoms with Crippen LogP contribution in [0.3, 0.4) is 0 Å². The van der Waals surface area contributed by atoms with Crippen LogP contribution in [0.2, 0.25) is 0 Å². The highest BCUT2D eigenvalue weighted by molar-refractivity contribution is 5.96. The highest BCUT2D eigenvalue weighted by Crippen LogP contribution is 2.23. The number of hydrogen-bond donors (Lipinski definition) is 2. The summed E-state index contributed by atoms with van der Waals surface area (Å²) in [6.45, 7) is 1.13. The number of hydrogen-bond acceptors (Lipinski definition) is 5. The number of nitrogen functional groups attached to an aromatic ring is 1. The number of benzene rings is 1. The lowest BCUT2D eigenvalue weighted by atomic mass is 10.2. The molecule has 1 aromatic heterocycles. The molecule has 0 radical (unpaired) electrons. The highest BCUT2D eigenvalue weighted by Gasteiger charge is 2.29. The summed E-state index contributed by atoms with van der Waals surface area (Å²) in [4.78, 5) is 14.0. The van der Waals surface area contributed by atoms with E-state index < -0.39 is 0 Å². The van der Waals surface area contributed by atoms with Gasteiger partial charge in [-0.25, -0.2) is 0 Å². The second kappa shape index (κ2) is 5.15. The molecule has 1 amide bonds. The Hall–Kier alpha value is -2.05. The van der Waals surface area contributed by atoms with Crippen LogP contribution >= 0.6 is 0 Å². The SMILES string of the molecule is Nc1ccc2oc(C(=O)N3CCOCC3CO)cc2c1. The molecular formula is C14H16N2O4. The summed E-state index contributed by atoms with van der Waals surface area (Å²) >= 11 is 0. The molecule has 1 atom stereocenters. The van der Waals surface area contributed by atoms with Gasteiger partial charge in [-0.3, -0.25) is 4.79 Å². The third kappa shape index (κ3) is 2.23. The van der Waals surface area contributed by atoms with E-state index in [1.165, 1.54) is 0 Å². The number of carbonyl (C=O) groups excluding carboxylic acids is 1. The van der Waals surface area contributed by atoms with E-state index in [0.29, 0.717) is 31.0 Å². The number of rotatable bonds is 2. The monoisotopic (exact) mass is 276 g/mol. The number of morpholine rings is 1. The van der Waals surface area contributed by atoms with Crippen molar-refractivity contribution in [1.82, 2.24) is 4.90 Å². The van der Waals surface area contributed by atoms with E-state index in [1.54, 1.807) is 29.2 Å². The van der Waals surface area contributed by atoms with Crippen molar-refractivity contribution < 1.29 is 19.1 Å². The lowest BCUT2D eigenvalue weighted by Gasteiger charge is -2.33. The van der Waals surface area contributed by atoms with Crippen molar-refractivity contribution in [1.29, 1.82) is 0 Å². The van der Waals surface area contributed by atoms with Gasteiger partial charge in [-0.2, -0.15) is 0 Å². The lowest BCUT2D eigenvalue weighted by molar-refractivity contribution is -0.0195. The van der Waals surface area contributed by atoms with Crippen LogP contribution in [0.4, 0.5) is 5.69 Å². The molecule has 1 aliphatic heterocycles. The second-order valence-electron chi connectivity index (χ2n) is 4.82. The molecule has 2 aromatic rings. The van der Waals surface area contributed by atoms with E-state index >= 15 is 0 Å². The predicted molar refractivity (Wildman–Crippen MR) is 73.4 cm³/mol. The van der Waals surface area contributed by atoms with Crippen LogP contribution in [-0.4, -0.2) is 48.3 Å². The number of aliphatic hydroxyl groups excluding tert-OH is 1. The molecule has 3 N–H and O–H groups in total. The van der Waals surface area contributed by atoms with Gasteiger partial charge in [0.15, 0.2) is 5.76 Å². The first-order valence-electron chi connectivity index (χ1n) is 6.47. The number of carbonyl (C=O) groups is 1. The van der Waals surface area contributed by atoms with Crippen LogP contribution in [0.5, 0.6) is 0 Å². The molecule has 1 aliphatic rings. The van der Waals surface area contributed by atoms with Crippen molar-refractivity contribution in [2.24, 2.45) is 0 Å². The number of fused-ring (bicyclic) bond motifs is 1. The number of aliphatic hydroxyl groups is 1. The summed E-state index contributed by atoms with van der Waals surface area (Å²) < 4.78 is 10.8. The molecule has 0 bridgehead atoms. The molecule has 1 aromatic carbocycles. The average molecular weight is 276 g/mol. The van der Waals surface area contributed by atoms with Crippen LogP contribution in [0.25, 0.3) is 11.0 Å². The maximum Gasteiger partial charge on any atom is 0.290 e. The van der Waals surface area contributed by atoms with Gasteiger partial charge in [0.2, 0.25) is 0 Å². The van der Waals surface area contributed by atoms with Crippen LogP contribution < -0.4 is 5.73 Å². The molecule has 0 saturated carbocycles. The first kappa shape index (κ1) is 13.0. The fourth-order valence-electron chi connectivity index (χ4n) is 2.38. The minimum atomic E-state index is -0.325. The average Bonchev–Trinajstić information content (AvgIpc) is 2.89. The molecule has 6 nitrogen and oxygen atoms in total. The molecule has 6 heteroatoms. The third-order valence-electron chi connectivity index (χ3n) is 3.45. The number of nitrogens with two attached hydrogens (primary N) is 1. The second-order valence-corrected chi connectivity index (χ2v) is 4.82. The van der Waals surface area contributed by atoms with Gasteiger partial charge in [0.1, 0.15) is 5.58 Å². The van der Waals surface area contributed by atoms with E-state index in [9.17, 15) is 9.90 Å². The van der Waals surface area contributed by atoms with Gasteiger partial charge < -0.3 is 24.9 Å². The quantitative estimate of drug-likeness (QED) is 0.794. The first-order chi connectivity index (χ1) is 9.69. The Balaban J connectivity index is 1.91. The highest BCUT2D eigenvalue weighted by atomic mass is 16.5. The number of nitrogens with zero attached hydrogens (tertiary/aromatic N) is 1. The summed E-state index contributed by atoms with van der Waals surface area (Å²) in [6.07, 6.45) is 0. The van der Waals surface area contributed by atoms with Crippen LogP contribution in [0.15, 0.2) is 28.7 Å². The Morgan fingerprint density at radius 3 is 3.10 bits per heavy atom. The van der Waals surface area contributed by atoms with E-state index in [4.69, 9.17) is 14.9 Å². The zero-order chi connectivity index (χ0) is 14.1. The third-order valence-corrected chi connectivity index (χ3v) is 3.45. The molecule has 1 saturated heterocycles. The van der Waals surface area contributed by atoms with Gasteiger partial charge in [0.25, 0.3) is 5.91 Å². The summed E-state index contributed by atoms with van der Waals surface area (Å²) in [5.74, 6) is 0.0214. The molecule has 3 rings (SSSR count). The maximum atomic E-state index is 12.5. The molecule has 0 spiro atoms. The van der Waals surface area contributed by atoms with Crippen molar-refractivity contribution in [3.63, 3.8) is 0 Å². The molecule has 2 heterocycles. The summed E-state index contributed by atoms with van der Waals surface area (Å²) in [5, 5.41) is 10.1. The van der Waals surface area contributed by atoms with Crippen molar-refractivity contribution in [2.45, 2.75) is 6.04 Å². The Morgan fingerprint density at radius 2 is 2.30 bits per heavy atom. The van der Waals surface area contributed by atoms with Gasteiger partial charge in [-0.1, -0.05) is 0 Å². The molecule has 1 fully saturated rings. The Morgan fingerprint density at radius 1 is 1.45 bits per heavy atom. The fraction of sp³-hybridized carbons (Fsp3) is 0.357. The zero-order valence-corrected chi connectivity index (χ0v) is 10.9. The van der Waals surface area contributed by atoms with Gasteiger partial charge in [0.05, 0.1) is 25.9 Å². The molecule has 106 valence electrons. The molecule has 1 unspecified atom stereocenters. The van der Waals surface area contributed by atoms with Gasteiger partial charge in [-0.15, -0.1) is 0 Å². The summed E-state index contributed by atoms with van der Waals surface area (Å²) in [5.41, 5.74) is 6.95. The van der Waals surface area contributed by atoms with Crippen LogP contribution in [0, 0.1) is 0 Å². The minimum Gasteiger partial charge on any atom is -0.451 e.